The molecule has 8 bridgehead atoms. The van der Waals surface area contributed by atoms with Gasteiger partial charge in [-0.2, -0.15) is 25.3 Å². The first kappa shape index (κ1) is 55.9. The van der Waals surface area contributed by atoms with E-state index in [2.05, 4.69) is 137 Å². The van der Waals surface area contributed by atoms with Gasteiger partial charge in [-0.3, -0.25) is 0 Å². The van der Waals surface area contributed by atoms with Gasteiger partial charge in [0.2, 0.25) is 0 Å². The molecular formula is C62H75Cl2F3SiZr-4. The van der Waals surface area contributed by atoms with Crippen molar-refractivity contribution in [2.75, 3.05) is 0 Å². The van der Waals surface area contributed by atoms with Crippen LogP contribution >= 0.6 is 24.8 Å². The summed E-state index contributed by atoms with van der Waals surface area (Å²) in [7, 11) is 0. The van der Waals surface area contributed by atoms with E-state index in [-0.39, 0.29) is 32.2 Å². The van der Waals surface area contributed by atoms with Gasteiger partial charge in [-0.05, 0) is 171 Å². The summed E-state index contributed by atoms with van der Waals surface area (Å²) < 4.78 is 32.2. The maximum absolute atomic E-state index is 10.7. The standard InChI is InChI=1S/2C29H33.C3H4F3.CH3.2ClH.Si.Zr/c2*1-2-4-19-7-9-23(10-8-19)27-6-3-5-24-12-22(18-29(24)27)17-28-25-13-20-11-21(15-25)16-26(28)14-20;1-2-3(4,5)6;;;;;/h2*3,5-10,12,18,20-21,25-26,28H,2,4,11,13-17H2,1H3;1-2H2;1H3;2*1H;;/q4*-1;;;;. The van der Waals surface area contributed by atoms with E-state index in [1.165, 1.54) is 168 Å². The van der Waals surface area contributed by atoms with E-state index in [1.54, 1.807) is 24.0 Å². The van der Waals surface area contributed by atoms with Gasteiger partial charge in [-0.25, -0.2) is 0 Å². The minimum atomic E-state index is -4.07. The van der Waals surface area contributed by atoms with Gasteiger partial charge in [0.05, 0.1) is 0 Å². The van der Waals surface area contributed by atoms with Crippen molar-refractivity contribution in [3.63, 3.8) is 0 Å². The zero-order valence-electron chi connectivity index (χ0n) is 41.3. The maximum atomic E-state index is 10.7. The molecule has 0 atom stereocenters. The molecule has 69 heavy (non-hydrogen) atoms. The van der Waals surface area contributed by atoms with E-state index >= 15 is 0 Å². The van der Waals surface area contributed by atoms with Gasteiger partial charge >= 0.3 is 36.4 Å². The monoisotopic (exact) mass is 1060 g/mol. The molecule has 0 aromatic heterocycles. The Labute approximate surface area is 442 Å². The molecule has 8 aliphatic rings. The van der Waals surface area contributed by atoms with E-state index in [1.807, 2.05) is 0 Å². The summed E-state index contributed by atoms with van der Waals surface area (Å²) in [6, 6.07) is 42.3. The molecule has 0 N–H and O–H groups in total. The van der Waals surface area contributed by atoms with E-state index in [4.69, 9.17) is 0 Å². The fraction of sp³-hybridized carbons (Fsp3) is 0.484. The molecule has 14 rings (SSSR count). The first-order chi connectivity index (χ1) is 32.1. The third-order valence-electron chi connectivity index (χ3n) is 17.3. The summed E-state index contributed by atoms with van der Waals surface area (Å²) >= 11 is 1.36. The predicted molar refractivity (Wildman–Crippen MR) is 289 cm³/mol. The molecule has 0 aliphatic heterocycles. The van der Waals surface area contributed by atoms with Crippen LogP contribution in [0.15, 0.2) is 109 Å². The molecule has 0 unspecified atom stereocenters. The molecule has 0 amide bonds. The number of alkyl halides is 3. The van der Waals surface area contributed by atoms with Crippen LogP contribution in [0.2, 0.25) is 0 Å². The Morgan fingerprint density at radius 2 is 0.855 bits per heavy atom. The second-order valence-corrected chi connectivity index (χ2v) is 21.7. The number of fused-ring (bicyclic) bond motifs is 2. The second-order valence-electron chi connectivity index (χ2n) is 21.7. The summed E-state index contributed by atoms with van der Waals surface area (Å²) in [5.41, 5.74) is 11.6. The van der Waals surface area contributed by atoms with Crippen LogP contribution in [0.5, 0.6) is 0 Å². The normalized spacial score (nSPS) is 26.6. The van der Waals surface area contributed by atoms with Gasteiger partial charge < -0.3 is 14.4 Å². The molecule has 8 aliphatic carbocycles. The summed E-state index contributed by atoms with van der Waals surface area (Å²) in [4.78, 5) is 0. The Morgan fingerprint density at radius 3 is 1.14 bits per heavy atom. The Hall–Kier alpha value is -2.43. The van der Waals surface area contributed by atoms with Gasteiger partial charge in [0.15, 0.2) is 0 Å². The first-order valence-corrected chi connectivity index (χ1v) is 29.9. The zero-order chi connectivity index (χ0) is 46.0. The second kappa shape index (κ2) is 25.0. The molecule has 0 heterocycles. The molecule has 6 aromatic carbocycles. The molecule has 6 aromatic rings. The van der Waals surface area contributed by atoms with Crippen LogP contribution in [0.1, 0.15) is 120 Å². The fourth-order valence-corrected chi connectivity index (χ4v) is 14.9. The van der Waals surface area contributed by atoms with Gasteiger partial charge in [0, 0.05) is 0 Å². The number of rotatable bonds is 10. The Morgan fingerprint density at radius 1 is 0.536 bits per heavy atom. The summed E-state index contributed by atoms with van der Waals surface area (Å²) in [6.45, 7) is 10.2. The van der Waals surface area contributed by atoms with Crippen molar-refractivity contribution in [3.8, 4) is 22.3 Å². The van der Waals surface area contributed by atoms with Crippen molar-refractivity contribution in [2.45, 2.75) is 129 Å². The Bertz CT molecular complexity index is 2290. The van der Waals surface area contributed by atoms with Crippen molar-refractivity contribution >= 4 is 53.2 Å². The van der Waals surface area contributed by atoms with Crippen molar-refractivity contribution in [1.82, 2.24) is 0 Å². The van der Waals surface area contributed by atoms with Gasteiger partial charge in [0.1, 0.15) is 0 Å². The van der Waals surface area contributed by atoms with Crippen LogP contribution in [-0.4, -0.2) is 13.1 Å². The molecular weight excluding hydrogens is 992 g/mol. The Balaban J connectivity index is 0.000000190. The van der Waals surface area contributed by atoms with Crippen molar-refractivity contribution in [3.05, 3.63) is 146 Å². The summed E-state index contributed by atoms with van der Waals surface area (Å²) in [6.07, 6.45) is 17.8. The minimum absolute atomic E-state index is 0. The van der Waals surface area contributed by atoms with E-state index in [9.17, 15) is 13.2 Å². The van der Waals surface area contributed by atoms with Crippen LogP contribution in [0, 0.1) is 73.5 Å². The predicted octanol–water partition coefficient (Wildman–Crippen LogP) is 18.3. The number of aryl methyl sites for hydroxylation is 2. The van der Waals surface area contributed by atoms with Crippen LogP contribution in [0.25, 0.3) is 43.8 Å². The van der Waals surface area contributed by atoms with Crippen LogP contribution in [-0.2, 0) is 49.0 Å². The van der Waals surface area contributed by atoms with Crippen LogP contribution < -0.4 is 0 Å². The third kappa shape index (κ3) is 13.0. The average Bonchev–Trinajstić information content (AvgIpc) is 3.94. The number of halogens is 5. The number of benzene rings is 4. The molecule has 370 valence electrons. The number of hydrogen-bond acceptors (Lipinski definition) is 0. The summed E-state index contributed by atoms with van der Waals surface area (Å²) in [5.74, 6) is 10.3. The molecule has 8 saturated carbocycles. The summed E-state index contributed by atoms with van der Waals surface area (Å²) in [5, 5.41) is 5.77. The van der Waals surface area contributed by atoms with Crippen molar-refractivity contribution in [2.24, 2.45) is 59.2 Å². The zero-order valence-corrected chi connectivity index (χ0v) is 46.4. The Kier molecular flexibility index (Phi) is 20.2. The molecule has 0 spiro atoms. The van der Waals surface area contributed by atoms with Crippen LogP contribution in [0.4, 0.5) is 13.2 Å². The molecule has 8 fully saturated rings. The first-order valence-electron chi connectivity index (χ1n) is 25.8. The van der Waals surface area contributed by atoms with Gasteiger partial charge in [0.25, 0.3) is 0 Å². The number of hydrogen-bond donors (Lipinski definition) is 0. The van der Waals surface area contributed by atoms with Gasteiger partial charge in [-0.1, -0.05) is 105 Å². The third-order valence-corrected chi connectivity index (χ3v) is 17.3. The van der Waals surface area contributed by atoms with Crippen LogP contribution in [0.3, 0.4) is 0 Å². The SMILES string of the molecule is CCCc1ccc(-c2cccc3[cH-]c(CC4C5CC6CC(C5)CC4C6)cc23)cc1.CCCc1ccc(-c2cccc3[cH-]c(CC4C5CC6CC(C5)CC4C6)cc23)cc1.Cl.Cl.[CH2-]CC(F)(F)F.[CH3-].[Si]=[Zr]. The average molecular weight is 1070 g/mol. The van der Waals surface area contributed by atoms with E-state index < -0.39 is 12.6 Å². The van der Waals surface area contributed by atoms with Crippen molar-refractivity contribution < 1.29 is 36.5 Å². The molecule has 0 saturated heterocycles. The van der Waals surface area contributed by atoms with E-state index in [0.717, 1.165) is 59.2 Å². The topological polar surface area (TPSA) is 0 Å². The molecule has 0 nitrogen and oxygen atoms in total. The molecule has 7 heteroatoms. The fourth-order valence-electron chi connectivity index (χ4n) is 14.9. The van der Waals surface area contributed by atoms with E-state index in [0.29, 0.717) is 0 Å². The quantitative estimate of drug-likeness (QED) is 0.0947. The van der Waals surface area contributed by atoms with Gasteiger partial charge in [-0.15, -0.1) is 93.9 Å². The van der Waals surface area contributed by atoms with Crippen molar-refractivity contribution in [1.29, 1.82) is 0 Å². The molecule has 2 radical (unpaired) electrons.